The second kappa shape index (κ2) is 8.04. The van der Waals surface area contributed by atoms with Crippen LogP contribution in [0.3, 0.4) is 0 Å². The van der Waals surface area contributed by atoms with Gasteiger partial charge in [-0.3, -0.25) is 9.69 Å². The van der Waals surface area contributed by atoms with E-state index in [0.29, 0.717) is 13.1 Å². The van der Waals surface area contributed by atoms with Crippen LogP contribution in [0.15, 0.2) is 54.6 Å². The quantitative estimate of drug-likeness (QED) is 0.765. The predicted octanol–water partition coefficient (Wildman–Crippen LogP) is 3.20. The van der Waals surface area contributed by atoms with Gasteiger partial charge in [-0.15, -0.1) is 13.2 Å². The van der Waals surface area contributed by atoms with E-state index < -0.39 is 6.36 Å². The van der Waals surface area contributed by atoms with Crippen LogP contribution in [-0.4, -0.2) is 53.9 Å². The summed E-state index contributed by atoms with van der Waals surface area (Å²) in [5.41, 5.74) is 1.94. The van der Waals surface area contributed by atoms with E-state index in [-0.39, 0.29) is 30.4 Å². The first-order chi connectivity index (χ1) is 13.9. The molecule has 2 aliphatic rings. The highest BCUT2D eigenvalue weighted by Crippen LogP contribution is 2.28. The van der Waals surface area contributed by atoms with Gasteiger partial charge in [-0.05, 0) is 23.3 Å². The van der Waals surface area contributed by atoms with Crippen LogP contribution in [0.4, 0.5) is 13.2 Å². The van der Waals surface area contributed by atoms with Gasteiger partial charge in [0, 0.05) is 26.2 Å². The first-order valence-corrected chi connectivity index (χ1v) is 9.39. The average molecular weight is 406 g/mol. The van der Waals surface area contributed by atoms with E-state index in [1.807, 2.05) is 18.2 Å². The predicted molar refractivity (Wildman–Crippen MR) is 98.9 cm³/mol. The second-order valence-corrected chi connectivity index (χ2v) is 7.31. The third-order valence-electron chi connectivity index (χ3n) is 5.21. The van der Waals surface area contributed by atoms with Gasteiger partial charge in [0.25, 0.3) is 0 Å². The van der Waals surface area contributed by atoms with E-state index in [0.717, 1.165) is 18.7 Å². The number of morpholine rings is 1. The molecule has 8 heteroatoms. The highest BCUT2D eigenvalue weighted by Gasteiger charge is 2.43. The van der Waals surface area contributed by atoms with Gasteiger partial charge in [0.2, 0.25) is 5.91 Å². The van der Waals surface area contributed by atoms with Gasteiger partial charge in [-0.25, -0.2) is 0 Å². The fourth-order valence-electron chi connectivity index (χ4n) is 3.91. The molecule has 4 rings (SSSR count). The standard InChI is InChI=1S/C21H21F3N2O3/c22-21(23,24)29-17-8-6-16(7-9-17)11-26-18-12-25(10-15-4-2-1-3-5-15)13-19(18)28-14-20(26)27/h1-9,18-19H,10-14H2. The number of carbonyl (C=O) groups is 1. The molecule has 2 heterocycles. The maximum Gasteiger partial charge on any atom is 0.573 e. The molecule has 0 aromatic heterocycles. The van der Waals surface area contributed by atoms with E-state index in [2.05, 4.69) is 21.8 Å². The Labute approximate surface area is 166 Å². The normalized spacial score (nSPS) is 22.6. The molecule has 2 saturated heterocycles. The molecule has 1 amide bonds. The number of nitrogens with zero attached hydrogens (tertiary/aromatic N) is 2. The second-order valence-electron chi connectivity index (χ2n) is 7.31. The third-order valence-corrected chi connectivity index (χ3v) is 5.21. The number of likely N-dealkylation sites (tertiary alicyclic amines) is 1. The van der Waals surface area contributed by atoms with Gasteiger partial charge in [-0.1, -0.05) is 42.5 Å². The van der Waals surface area contributed by atoms with Gasteiger partial charge in [0.05, 0.1) is 12.1 Å². The van der Waals surface area contributed by atoms with Crippen molar-refractivity contribution in [2.24, 2.45) is 0 Å². The largest absolute Gasteiger partial charge is 0.573 e. The van der Waals surface area contributed by atoms with Crippen LogP contribution in [0.1, 0.15) is 11.1 Å². The molecule has 5 nitrogen and oxygen atoms in total. The van der Waals surface area contributed by atoms with Gasteiger partial charge >= 0.3 is 6.36 Å². The molecule has 0 spiro atoms. The summed E-state index contributed by atoms with van der Waals surface area (Å²) in [7, 11) is 0. The van der Waals surface area contributed by atoms with E-state index in [4.69, 9.17) is 4.74 Å². The van der Waals surface area contributed by atoms with Crippen molar-refractivity contribution < 1.29 is 27.4 Å². The lowest BCUT2D eigenvalue weighted by Crippen LogP contribution is -2.53. The fraction of sp³-hybridized carbons (Fsp3) is 0.381. The molecule has 2 fully saturated rings. The van der Waals surface area contributed by atoms with Crippen LogP contribution in [-0.2, 0) is 22.6 Å². The Balaban J connectivity index is 1.42. The van der Waals surface area contributed by atoms with E-state index in [9.17, 15) is 18.0 Å². The Morgan fingerprint density at radius 3 is 2.34 bits per heavy atom. The molecule has 2 aliphatic heterocycles. The van der Waals surface area contributed by atoms with Gasteiger partial charge in [0.1, 0.15) is 12.4 Å². The molecule has 0 saturated carbocycles. The summed E-state index contributed by atoms with van der Waals surface area (Å²) in [5, 5.41) is 0. The first kappa shape index (κ1) is 19.7. The average Bonchev–Trinajstić information content (AvgIpc) is 3.08. The lowest BCUT2D eigenvalue weighted by molar-refractivity contribution is -0.274. The molecule has 2 atom stereocenters. The summed E-state index contributed by atoms with van der Waals surface area (Å²) < 4.78 is 46.6. The Morgan fingerprint density at radius 2 is 1.66 bits per heavy atom. The van der Waals surface area contributed by atoms with Crippen molar-refractivity contribution in [3.8, 4) is 5.75 Å². The monoisotopic (exact) mass is 406 g/mol. The summed E-state index contributed by atoms with van der Waals surface area (Å²) in [6.45, 7) is 2.56. The molecule has 0 radical (unpaired) electrons. The number of hydrogen-bond acceptors (Lipinski definition) is 4. The minimum absolute atomic E-state index is 0.0234. The number of halogens is 3. The van der Waals surface area contributed by atoms with Crippen molar-refractivity contribution in [1.29, 1.82) is 0 Å². The first-order valence-electron chi connectivity index (χ1n) is 9.39. The summed E-state index contributed by atoms with van der Waals surface area (Å²) in [6.07, 6.45) is -4.79. The van der Waals surface area contributed by atoms with Gasteiger partial charge in [-0.2, -0.15) is 0 Å². The lowest BCUT2D eigenvalue weighted by atomic mass is 10.1. The molecular weight excluding hydrogens is 385 g/mol. The van der Waals surface area contributed by atoms with Crippen LogP contribution < -0.4 is 4.74 Å². The zero-order valence-electron chi connectivity index (χ0n) is 15.6. The number of fused-ring (bicyclic) bond motifs is 1. The highest BCUT2D eigenvalue weighted by atomic mass is 19.4. The van der Waals surface area contributed by atoms with Crippen LogP contribution in [0.25, 0.3) is 0 Å². The van der Waals surface area contributed by atoms with Crippen LogP contribution in [0.5, 0.6) is 5.75 Å². The van der Waals surface area contributed by atoms with E-state index >= 15 is 0 Å². The number of rotatable bonds is 5. The number of benzene rings is 2. The Kier molecular flexibility index (Phi) is 5.47. The van der Waals surface area contributed by atoms with Crippen molar-refractivity contribution in [3.63, 3.8) is 0 Å². The fourth-order valence-corrected chi connectivity index (χ4v) is 3.91. The number of carbonyl (C=O) groups excluding carboxylic acids is 1. The number of ether oxygens (including phenoxy) is 2. The molecule has 2 unspecified atom stereocenters. The molecule has 2 aromatic rings. The summed E-state index contributed by atoms with van der Waals surface area (Å²) in [5.74, 6) is -0.384. The van der Waals surface area contributed by atoms with Crippen molar-refractivity contribution >= 4 is 5.91 Å². The Bertz CT molecular complexity index is 842. The van der Waals surface area contributed by atoms with Crippen LogP contribution in [0, 0.1) is 0 Å². The van der Waals surface area contributed by atoms with Crippen LogP contribution >= 0.6 is 0 Å². The zero-order chi connectivity index (χ0) is 20.4. The minimum Gasteiger partial charge on any atom is -0.406 e. The van der Waals surface area contributed by atoms with E-state index in [1.165, 1.54) is 17.7 Å². The SMILES string of the molecule is O=C1COC2CN(Cc3ccccc3)CC2N1Cc1ccc(OC(F)(F)F)cc1. The number of hydrogen-bond donors (Lipinski definition) is 0. The smallest absolute Gasteiger partial charge is 0.406 e. The summed E-state index contributed by atoms with van der Waals surface area (Å²) in [6, 6.07) is 15.7. The lowest BCUT2D eigenvalue weighted by Gasteiger charge is -2.36. The summed E-state index contributed by atoms with van der Waals surface area (Å²) in [4.78, 5) is 16.5. The molecule has 0 N–H and O–H groups in total. The zero-order valence-corrected chi connectivity index (χ0v) is 15.6. The van der Waals surface area contributed by atoms with Crippen LogP contribution in [0.2, 0.25) is 0 Å². The molecule has 2 aromatic carbocycles. The molecular formula is C21H21F3N2O3. The number of alkyl halides is 3. The third kappa shape index (κ3) is 4.89. The van der Waals surface area contributed by atoms with Gasteiger partial charge in [0.15, 0.2) is 0 Å². The van der Waals surface area contributed by atoms with Crippen molar-refractivity contribution in [2.75, 3.05) is 19.7 Å². The van der Waals surface area contributed by atoms with Gasteiger partial charge < -0.3 is 14.4 Å². The highest BCUT2D eigenvalue weighted by molar-refractivity contribution is 5.78. The molecule has 0 bridgehead atoms. The van der Waals surface area contributed by atoms with Crippen molar-refractivity contribution in [3.05, 3.63) is 65.7 Å². The molecule has 29 heavy (non-hydrogen) atoms. The van der Waals surface area contributed by atoms with Crippen molar-refractivity contribution in [2.45, 2.75) is 31.6 Å². The maximum absolute atomic E-state index is 12.5. The van der Waals surface area contributed by atoms with Crippen molar-refractivity contribution in [1.82, 2.24) is 9.80 Å². The molecule has 0 aliphatic carbocycles. The Hall–Kier alpha value is -2.58. The topological polar surface area (TPSA) is 42.0 Å². The molecule has 154 valence electrons. The summed E-state index contributed by atoms with van der Waals surface area (Å²) >= 11 is 0. The minimum atomic E-state index is -4.72. The van der Waals surface area contributed by atoms with E-state index in [1.54, 1.807) is 17.0 Å². The maximum atomic E-state index is 12.5. The number of amides is 1. The Morgan fingerprint density at radius 1 is 0.966 bits per heavy atom.